The van der Waals surface area contributed by atoms with Crippen molar-refractivity contribution in [2.75, 3.05) is 11.5 Å². The fraction of sp³-hybridized carbons (Fsp3) is 0.130. The van der Waals surface area contributed by atoms with Crippen molar-refractivity contribution in [2.45, 2.75) is 23.3 Å². The maximum Gasteiger partial charge on any atom is 0.338 e. The topological polar surface area (TPSA) is 46.6 Å². The van der Waals surface area contributed by atoms with Gasteiger partial charge < -0.3 is 9.64 Å². The van der Waals surface area contributed by atoms with Crippen LogP contribution in [0.4, 0.5) is 5.69 Å². The summed E-state index contributed by atoms with van der Waals surface area (Å²) in [7, 11) is 0. The van der Waals surface area contributed by atoms with E-state index in [4.69, 9.17) is 16.3 Å². The number of rotatable bonds is 4. The summed E-state index contributed by atoms with van der Waals surface area (Å²) in [5.41, 5.74) is 2.70. The van der Waals surface area contributed by atoms with Gasteiger partial charge in [-0.05, 0) is 55.0 Å². The van der Waals surface area contributed by atoms with Crippen LogP contribution < -0.4 is 4.90 Å². The second-order valence-corrected chi connectivity index (χ2v) is 8.04. The van der Waals surface area contributed by atoms with Gasteiger partial charge in [0.05, 0.1) is 30.0 Å². The fourth-order valence-corrected chi connectivity index (χ4v) is 4.38. The van der Waals surface area contributed by atoms with Crippen molar-refractivity contribution < 1.29 is 14.3 Å². The molecule has 3 aromatic rings. The molecule has 1 aliphatic heterocycles. The minimum atomic E-state index is -0.402. The number of anilines is 1. The first-order valence-corrected chi connectivity index (χ1v) is 10.4. The second-order valence-electron chi connectivity index (χ2n) is 6.52. The second kappa shape index (κ2) is 8.31. The molecule has 0 N–H and O–H groups in total. The number of halogens is 1. The maximum atomic E-state index is 13.4. The molecule has 0 aliphatic carbocycles. The van der Waals surface area contributed by atoms with Gasteiger partial charge in [-0.3, -0.25) is 4.79 Å². The van der Waals surface area contributed by atoms with E-state index in [1.54, 1.807) is 36.1 Å². The lowest BCUT2D eigenvalue weighted by atomic mass is 10.1. The van der Waals surface area contributed by atoms with Gasteiger partial charge in [-0.25, -0.2) is 4.79 Å². The fourth-order valence-electron chi connectivity index (χ4n) is 3.19. The number of hydrogen-bond donors (Lipinski definition) is 0. The van der Waals surface area contributed by atoms with Crippen LogP contribution in [0.15, 0.2) is 76.5 Å². The van der Waals surface area contributed by atoms with E-state index in [-0.39, 0.29) is 5.91 Å². The van der Waals surface area contributed by atoms with Gasteiger partial charge in [0.25, 0.3) is 5.91 Å². The lowest BCUT2D eigenvalue weighted by Crippen LogP contribution is -2.30. The summed E-state index contributed by atoms with van der Waals surface area (Å²) in [5, 5.41) is 0.641. The number of nitrogens with zero attached hydrogens (tertiary/aromatic N) is 1. The van der Waals surface area contributed by atoms with Gasteiger partial charge in [-0.2, -0.15) is 0 Å². The Labute approximate surface area is 178 Å². The molecule has 0 unspecified atom stereocenters. The molecule has 4 nitrogen and oxygen atoms in total. The molecule has 0 bridgehead atoms. The molecule has 4 rings (SSSR count). The number of esters is 1. The molecule has 0 radical (unpaired) electrons. The quantitative estimate of drug-likeness (QED) is 0.495. The molecule has 146 valence electrons. The average molecular weight is 424 g/mol. The van der Waals surface area contributed by atoms with Crippen molar-refractivity contribution in [1.29, 1.82) is 0 Å². The van der Waals surface area contributed by atoms with E-state index in [2.05, 4.69) is 0 Å². The van der Waals surface area contributed by atoms with E-state index < -0.39 is 5.97 Å². The minimum Gasteiger partial charge on any atom is -0.462 e. The molecule has 0 fully saturated rings. The van der Waals surface area contributed by atoms with E-state index in [0.29, 0.717) is 35.0 Å². The Morgan fingerprint density at radius 2 is 1.79 bits per heavy atom. The highest BCUT2D eigenvalue weighted by Crippen LogP contribution is 2.42. The molecule has 0 spiro atoms. The largest absolute Gasteiger partial charge is 0.462 e. The molecule has 0 atom stereocenters. The van der Waals surface area contributed by atoms with Crippen LogP contribution in [0.1, 0.15) is 33.2 Å². The Kier molecular flexibility index (Phi) is 5.60. The number of carbonyl (C=O) groups excluding carboxylic acids is 2. The predicted octanol–water partition coefficient (Wildman–Crippen LogP) is 5.83. The standard InChI is InChI=1S/C23H18ClNO3S/c1-2-28-23(27)16-9-12-21-19(13-16)25(14-15-7-10-17(24)11-8-15)22(26)18-5-3-4-6-20(18)29-21/h3-13H,2,14H2,1H3. The molecular weight excluding hydrogens is 406 g/mol. The zero-order chi connectivity index (χ0) is 20.4. The minimum absolute atomic E-state index is 0.109. The van der Waals surface area contributed by atoms with Gasteiger partial charge in [0.15, 0.2) is 0 Å². The number of ether oxygens (including phenoxy) is 1. The Morgan fingerprint density at radius 3 is 2.55 bits per heavy atom. The number of amides is 1. The van der Waals surface area contributed by atoms with Crippen molar-refractivity contribution in [3.8, 4) is 0 Å². The maximum absolute atomic E-state index is 13.4. The van der Waals surface area contributed by atoms with Crippen molar-refractivity contribution in [3.05, 3.63) is 88.4 Å². The molecule has 3 aromatic carbocycles. The summed E-state index contributed by atoms with van der Waals surface area (Å²) in [6.45, 7) is 2.43. The summed E-state index contributed by atoms with van der Waals surface area (Å²) in [6, 6.07) is 20.3. The molecule has 6 heteroatoms. The molecule has 0 aromatic heterocycles. The Balaban J connectivity index is 1.82. The van der Waals surface area contributed by atoms with Crippen LogP contribution in [0.3, 0.4) is 0 Å². The summed E-state index contributed by atoms with van der Waals surface area (Å²) in [5.74, 6) is -0.510. The van der Waals surface area contributed by atoms with Crippen LogP contribution in [0.25, 0.3) is 0 Å². The highest BCUT2D eigenvalue weighted by atomic mass is 35.5. The van der Waals surface area contributed by atoms with E-state index in [9.17, 15) is 9.59 Å². The van der Waals surface area contributed by atoms with E-state index in [0.717, 1.165) is 15.4 Å². The van der Waals surface area contributed by atoms with E-state index in [1.807, 2.05) is 42.5 Å². The van der Waals surface area contributed by atoms with Crippen molar-refractivity contribution in [2.24, 2.45) is 0 Å². The zero-order valence-corrected chi connectivity index (χ0v) is 17.3. The zero-order valence-electron chi connectivity index (χ0n) is 15.7. The van der Waals surface area contributed by atoms with Crippen LogP contribution in [-0.2, 0) is 11.3 Å². The smallest absolute Gasteiger partial charge is 0.338 e. The number of hydrogen-bond acceptors (Lipinski definition) is 4. The lowest BCUT2D eigenvalue weighted by Gasteiger charge is -2.23. The van der Waals surface area contributed by atoms with Crippen molar-refractivity contribution >= 4 is 40.9 Å². The number of fused-ring (bicyclic) bond motifs is 2. The third-order valence-electron chi connectivity index (χ3n) is 4.60. The van der Waals surface area contributed by atoms with Crippen LogP contribution in [-0.4, -0.2) is 18.5 Å². The SMILES string of the molecule is CCOC(=O)c1ccc2c(c1)N(Cc1ccc(Cl)cc1)C(=O)c1ccccc1S2. The summed E-state index contributed by atoms with van der Waals surface area (Å²) in [4.78, 5) is 29.2. The Bertz CT molecular complexity index is 1080. The summed E-state index contributed by atoms with van der Waals surface area (Å²) in [6.07, 6.45) is 0. The van der Waals surface area contributed by atoms with Gasteiger partial charge in [-0.1, -0.05) is 47.6 Å². The Morgan fingerprint density at radius 1 is 1.03 bits per heavy atom. The molecule has 1 amide bonds. The van der Waals surface area contributed by atoms with Gasteiger partial charge in [0, 0.05) is 14.8 Å². The van der Waals surface area contributed by atoms with Crippen molar-refractivity contribution in [3.63, 3.8) is 0 Å². The Hall–Kier alpha value is -2.76. The molecule has 1 heterocycles. The van der Waals surface area contributed by atoms with Gasteiger partial charge in [0.2, 0.25) is 0 Å². The van der Waals surface area contributed by atoms with Crippen LogP contribution in [0.2, 0.25) is 5.02 Å². The monoisotopic (exact) mass is 423 g/mol. The number of carbonyl (C=O) groups is 2. The van der Waals surface area contributed by atoms with Crippen molar-refractivity contribution in [1.82, 2.24) is 0 Å². The molecule has 1 aliphatic rings. The van der Waals surface area contributed by atoms with Crippen LogP contribution in [0.5, 0.6) is 0 Å². The van der Waals surface area contributed by atoms with Crippen LogP contribution in [0, 0.1) is 0 Å². The highest BCUT2D eigenvalue weighted by Gasteiger charge is 2.28. The third-order valence-corrected chi connectivity index (χ3v) is 5.99. The summed E-state index contributed by atoms with van der Waals surface area (Å²) < 4.78 is 5.14. The van der Waals surface area contributed by atoms with E-state index in [1.165, 1.54) is 11.8 Å². The van der Waals surface area contributed by atoms with Gasteiger partial charge in [0.1, 0.15) is 0 Å². The third kappa shape index (κ3) is 4.02. The average Bonchev–Trinajstić information content (AvgIpc) is 2.84. The lowest BCUT2D eigenvalue weighted by molar-refractivity contribution is 0.0526. The van der Waals surface area contributed by atoms with Gasteiger partial charge >= 0.3 is 5.97 Å². The molecule has 29 heavy (non-hydrogen) atoms. The summed E-state index contributed by atoms with van der Waals surface area (Å²) >= 11 is 7.53. The van der Waals surface area contributed by atoms with Crippen LogP contribution >= 0.6 is 23.4 Å². The molecule has 0 saturated carbocycles. The molecular formula is C23H18ClNO3S. The van der Waals surface area contributed by atoms with Gasteiger partial charge in [-0.15, -0.1) is 0 Å². The first kappa shape index (κ1) is 19.6. The first-order chi connectivity index (χ1) is 14.1. The molecule has 0 saturated heterocycles. The van der Waals surface area contributed by atoms with E-state index >= 15 is 0 Å². The highest BCUT2D eigenvalue weighted by molar-refractivity contribution is 7.99. The first-order valence-electron chi connectivity index (χ1n) is 9.21. The normalized spacial score (nSPS) is 12.8. The number of benzene rings is 3. The predicted molar refractivity (Wildman–Crippen MR) is 115 cm³/mol.